The Morgan fingerprint density at radius 2 is 1.75 bits per heavy atom. The van der Waals surface area contributed by atoms with Gasteiger partial charge >= 0.3 is 6.18 Å². The number of rotatable bonds is 6. The van der Waals surface area contributed by atoms with Crippen LogP contribution in [0.5, 0.6) is 0 Å². The first-order valence-electron chi connectivity index (χ1n) is 8.75. The lowest BCUT2D eigenvalue weighted by molar-refractivity contribution is -0.137. The first kappa shape index (κ1) is 20.1. The van der Waals surface area contributed by atoms with Crippen molar-refractivity contribution in [1.82, 2.24) is 10.3 Å². The van der Waals surface area contributed by atoms with Crippen LogP contribution >= 0.6 is 11.3 Å². The van der Waals surface area contributed by atoms with Gasteiger partial charge in [0.2, 0.25) is 5.91 Å². The Labute approximate surface area is 165 Å². The Hall–Kier alpha value is -2.67. The number of carbonyl (C=O) groups excluding carboxylic acids is 1. The molecule has 0 radical (unpaired) electrons. The van der Waals surface area contributed by atoms with E-state index in [4.69, 9.17) is 0 Å². The zero-order valence-corrected chi connectivity index (χ0v) is 16.0. The average Bonchev–Trinajstić information content (AvgIpc) is 3.10. The minimum absolute atomic E-state index is 0.160. The monoisotopic (exact) mass is 404 g/mol. The highest BCUT2D eigenvalue weighted by atomic mass is 32.1. The summed E-state index contributed by atoms with van der Waals surface area (Å²) in [5.74, 6) is -0.160. The molecule has 0 aliphatic rings. The van der Waals surface area contributed by atoms with Gasteiger partial charge < -0.3 is 5.32 Å². The molecular formula is C21H19F3N2OS. The van der Waals surface area contributed by atoms with Crippen LogP contribution in [0.15, 0.2) is 53.9 Å². The van der Waals surface area contributed by atoms with Gasteiger partial charge in [0.15, 0.2) is 0 Å². The maximum atomic E-state index is 12.6. The first-order valence-corrected chi connectivity index (χ1v) is 9.63. The van der Waals surface area contributed by atoms with Gasteiger partial charge in [-0.05, 0) is 31.0 Å². The predicted octanol–water partition coefficient (Wildman–Crippen LogP) is 5.04. The maximum Gasteiger partial charge on any atom is 0.416 e. The fourth-order valence-electron chi connectivity index (χ4n) is 2.65. The van der Waals surface area contributed by atoms with Gasteiger partial charge in [0, 0.05) is 17.5 Å². The highest BCUT2D eigenvalue weighted by molar-refractivity contribution is 7.13. The molecule has 0 bridgehead atoms. The molecule has 28 heavy (non-hydrogen) atoms. The number of hydrogen-bond acceptors (Lipinski definition) is 3. The molecule has 146 valence electrons. The third kappa shape index (κ3) is 5.42. The third-order valence-electron chi connectivity index (χ3n) is 4.21. The van der Waals surface area contributed by atoms with Gasteiger partial charge in [0.25, 0.3) is 0 Å². The summed E-state index contributed by atoms with van der Waals surface area (Å²) in [4.78, 5) is 16.6. The molecule has 0 atom stereocenters. The molecule has 1 aromatic heterocycles. The molecule has 0 aliphatic heterocycles. The van der Waals surface area contributed by atoms with Crippen LogP contribution in [0, 0.1) is 6.92 Å². The summed E-state index contributed by atoms with van der Waals surface area (Å²) in [7, 11) is 0. The highest BCUT2D eigenvalue weighted by Crippen LogP contribution is 2.29. The van der Waals surface area contributed by atoms with E-state index in [0.717, 1.165) is 28.3 Å². The largest absolute Gasteiger partial charge is 0.416 e. The number of thiazole rings is 1. The topological polar surface area (TPSA) is 42.0 Å². The molecule has 7 heteroatoms. The van der Waals surface area contributed by atoms with Crippen LogP contribution in [0.1, 0.15) is 22.4 Å². The standard InChI is InChI=1S/C21H19F3N2OS/c1-14-2-6-16(7-3-14)20-26-18(13-28-20)12-19(27)25-11-10-15-4-8-17(9-5-15)21(22,23)24/h2-9,13H,10-12H2,1H3,(H,25,27). The summed E-state index contributed by atoms with van der Waals surface area (Å²) in [6.45, 7) is 2.38. The van der Waals surface area contributed by atoms with Crippen LogP contribution in [0.25, 0.3) is 10.6 Å². The summed E-state index contributed by atoms with van der Waals surface area (Å²) in [6.07, 6.45) is -3.69. The van der Waals surface area contributed by atoms with Crippen molar-refractivity contribution in [2.24, 2.45) is 0 Å². The van der Waals surface area contributed by atoms with E-state index < -0.39 is 11.7 Å². The van der Waals surface area contributed by atoms with E-state index in [1.54, 1.807) is 0 Å². The minimum atomic E-state index is -4.34. The van der Waals surface area contributed by atoms with Crippen molar-refractivity contribution in [3.63, 3.8) is 0 Å². The van der Waals surface area contributed by atoms with Crippen LogP contribution < -0.4 is 5.32 Å². The lowest BCUT2D eigenvalue weighted by atomic mass is 10.1. The van der Waals surface area contributed by atoms with Gasteiger partial charge in [-0.2, -0.15) is 13.2 Å². The number of aromatic nitrogens is 1. The summed E-state index contributed by atoms with van der Waals surface area (Å²) in [6, 6.07) is 13.0. The molecule has 1 heterocycles. The molecule has 0 spiro atoms. The predicted molar refractivity (Wildman–Crippen MR) is 104 cm³/mol. The zero-order valence-electron chi connectivity index (χ0n) is 15.2. The van der Waals surface area contributed by atoms with Gasteiger partial charge in [-0.1, -0.05) is 42.0 Å². The summed E-state index contributed by atoms with van der Waals surface area (Å²) < 4.78 is 37.7. The fourth-order valence-corrected chi connectivity index (χ4v) is 3.48. The van der Waals surface area contributed by atoms with Crippen molar-refractivity contribution in [1.29, 1.82) is 0 Å². The van der Waals surface area contributed by atoms with Gasteiger partial charge in [-0.25, -0.2) is 4.98 Å². The lowest BCUT2D eigenvalue weighted by Gasteiger charge is -2.08. The Bertz CT molecular complexity index is 932. The SMILES string of the molecule is Cc1ccc(-c2nc(CC(=O)NCCc3ccc(C(F)(F)F)cc3)cs2)cc1. The van der Waals surface area contributed by atoms with Crippen molar-refractivity contribution in [3.05, 3.63) is 76.3 Å². The second-order valence-corrected chi connectivity index (χ2v) is 7.34. The second kappa shape index (κ2) is 8.56. The molecule has 1 amide bonds. The number of aryl methyl sites for hydroxylation is 1. The van der Waals surface area contributed by atoms with E-state index >= 15 is 0 Å². The van der Waals surface area contributed by atoms with Gasteiger partial charge in [0.05, 0.1) is 17.7 Å². The number of halogens is 3. The number of nitrogens with one attached hydrogen (secondary N) is 1. The van der Waals surface area contributed by atoms with Crippen molar-refractivity contribution in [3.8, 4) is 10.6 Å². The van der Waals surface area contributed by atoms with Crippen molar-refractivity contribution >= 4 is 17.2 Å². The molecule has 0 saturated heterocycles. The van der Waals surface area contributed by atoms with Crippen LogP contribution in [-0.4, -0.2) is 17.4 Å². The normalized spacial score (nSPS) is 11.4. The molecule has 0 aliphatic carbocycles. The lowest BCUT2D eigenvalue weighted by Crippen LogP contribution is -2.27. The number of nitrogens with zero attached hydrogens (tertiary/aromatic N) is 1. The van der Waals surface area contributed by atoms with Crippen LogP contribution in [0.2, 0.25) is 0 Å². The van der Waals surface area contributed by atoms with E-state index in [1.165, 1.54) is 29.0 Å². The van der Waals surface area contributed by atoms with E-state index in [2.05, 4.69) is 10.3 Å². The van der Waals surface area contributed by atoms with Gasteiger partial charge in [-0.15, -0.1) is 11.3 Å². The number of hydrogen-bond donors (Lipinski definition) is 1. The third-order valence-corrected chi connectivity index (χ3v) is 5.15. The first-order chi connectivity index (χ1) is 13.3. The Kier molecular flexibility index (Phi) is 6.14. The van der Waals surface area contributed by atoms with Crippen molar-refractivity contribution < 1.29 is 18.0 Å². The van der Waals surface area contributed by atoms with Gasteiger partial charge in [0.1, 0.15) is 5.01 Å². The van der Waals surface area contributed by atoms with Crippen LogP contribution in [-0.2, 0) is 23.8 Å². The molecule has 0 saturated carbocycles. The summed E-state index contributed by atoms with van der Waals surface area (Å²) >= 11 is 1.49. The summed E-state index contributed by atoms with van der Waals surface area (Å²) in [5, 5.41) is 5.52. The van der Waals surface area contributed by atoms with Crippen LogP contribution in [0.4, 0.5) is 13.2 Å². The molecule has 0 fully saturated rings. The van der Waals surface area contributed by atoms with E-state index in [0.29, 0.717) is 18.7 Å². The molecule has 2 aromatic carbocycles. The summed E-state index contributed by atoms with van der Waals surface area (Å²) in [5.41, 5.74) is 2.96. The van der Waals surface area contributed by atoms with E-state index in [9.17, 15) is 18.0 Å². The minimum Gasteiger partial charge on any atom is -0.355 e. The number of alkyl halides is 3. The molecule has 3 aromatic rings. The number of benzene rings is 2. The fraction of sp³-hybridized carbons (Fsp3) is 0.238. The zero-order chi connectivity index (χ0) is 20.1. The maximum absolute atomic E-state index is 12.6. The number of carbonyl (C=O) groups is 1. The van der Waals surface area contributed by atoms with Crippen molar-refractivity contribution in [2.75, 3.05) is 6.54 Å². The quantitative estimate of drug-likeness (QED) is 0.626. The van der Waals surface area contributed by atoms with E-state index in [-0.39, 0.29) is 12.3 Å². The Morgan fingerprint density at radius 3 is 2.39 bits per heavy atom. The second-order valence-electron chi connectivity index (χ2n) is 6.48. The Morgan fingerprint density at radius 1 is 1.07 bits per heavy atom. The highest BCUT2D eigenvalue weighted by Gasteiger charge is 2.29. The van der Waals surface area contributed by atoms with Crippen molar-refractivity contribution in [2.45, 2.75) is 25.9 Å². The molecular weight excluding hydrogens is 385 g/mol. The molecule has 1 N–H and O–H groups in total. The Balaban J connectivity index is 1.48. The van der Waals surface area contributed by atoms with E-state index in [1.807, 2.05) is 36.6 Å². The molecule has 3 rings (SSSR count). The molecule has 0 unspecified atom stereocenters. The number of amides is 1. The molecule has 3 nitrogen and oxygen atoms in total. The smallest absolute Gasteiger partial charge is 0.355 e. The average molecular weight is 404 g/mol. The van der Waals surface area contributed by atoms with Crippen LogP contribution in [0.3, 0.4) is 0 Å². The van der Waals surface area contributed by atoms with Gasteiger partial charge in [-0.3, -0.25) is 4.79 Å².